The van der Waals surface area contributed by atoms with E-state index in [0.717, 1.165) is 40.6 Å². The topological polar surface area (TPSA) is 56.0 Å². The van der Waals surface area contributed by atoms with Crippen molar-refractivity contribution in [3.8, 4) is 10.6 Å². The van der Waals surface area contributed by atoms with Crippen molar-refractivity contribution in [1.29, 1.82) is 0 Å². The summed E-state index contributed by atoms with van der Waals surface area (Å²) in [7, 11) is 0. The Morgan fingerprint density at radius 1 is 1.17 bits per heavy atom. The molecular formula is C12H13N5S. The first kappa shape index (κ1) is 11.3. The number of aromatic nitrogens is 5. The van der Waals surface area contributed by atoms with Crippen LogP contribution in [-0.2, 0) is 12.8 Å². The summed E-state index contributed by atoms with van der Waals surface area (Å²) in [4.78, 5) is 1.09. The molecule has 0 spiro atoms. The molecule has 3 aromatic rings. The number of fused-ring (bicyclic) bond motifs is 1. The molecular weight excluding hydrogens is 246 g/mol. The molecule has 0 atom stereocenters. The van der Waals surface area contributed by atoms with Gasteiger partial charge in [0.15, 0.2) is 11.5 Å². The van der Waals surface area contributed by atoms with Crippen molar-refractivity contribution in [2.45, 2.75) is 26.7 Å². The van der Waals surface area contributed by atoms with E-state index in [1.54, 1.807) is 4.52 Å². The summed E-state index contributed by atoms with van der Waals surface area (Å²) in [5.41, 5.74) is 2.82. The summed E-state index contributed by atoms with van der Waals surface area (Å²) in [5, 5.41) is 12.8. The van der Waals surface area contributed by atoms with E-state index in [4.69, 9.17) is 0 Å². The van der Waals surface area contributed by atoms with Gasteiger partial charge in [0.2, 0.25) is 0 Å². The maximum Gasteiger partial charge on any atom is 0.177 e. The maximum absolute atomic E-state index is 4.59. The molecule has 0 fully saturated rings. The predicted octanol–water partition coefficient (Wildman–Crippen LogP) is 2.37. The van der Waals surface area contributed by atoms with Crippen LogP contribution in [0.4, 0.5) is 0 Å². The summed E-state index contributed by atoms with van der Waals surface area (Å²) in [6.45, 7) is 4.15. The highest BCUT2D eigenvalue weighted by atomic mass is 32.1. The number of nitrogens with zero attached hydrogens (tertiary/aromatic N) is 5. The Morgan fingerprint density at radius 3 is 2.78 bits per heavy atom. The van der Waals surface area contributed by atoms with Gasteiger partial charge in [0.1, 0.15) is 5.69 Å². The Balaban J connectivity index is 2.11. The Hall–Kier alpha value is -1.82. The summed E-state index contributed by atoms with van der Waals surface area (Å²) in [6, 6.07) is 6.01. The Bertz CT molecular complexity index is 685. The molecule has 0 saturated carbocycles. The molecule has 92 valence electrons. The van der Waals surface area contributed by atoms with Crippen LogP contribution < -0.4 is 0 Å². The third kappa shape index (κ3) is 1.78. The molecule has 5 nitrogen and oxygen atoms in total. The van der Waals surface area contributed by atoms with Gasteiger partial charge in [-0.05, 0) is 36.2 Å². The molecule has 18 heavy (non-hydrogen) atoms. The molecule has 0 aliphatic rings. The summed E-state index contributed by atoms with van der Waals surface area (Å²) < 4.78 is 6.19. The molecule has 6 heteroatoms. The van der Waals surface area contributed by atoms with Gasteiger partial charge in [-0.15, -0.1) is 10.2 Å². The van der Waals surface area contributed by atoms with Crippen LogP contribution in [0.3, 0.4) is 0 Å². The summed E-state index contributed by atoms with van der Waals surface area (Å²) in [6.07, 6.45) is 1.77. The highest BCUT2D eigenvalue weighted by Gasteiger charge is 2.09. The molecule has 0 saturated heterocycles. The second-order valence-electron chi connectivity index (χ2n) is 3.99. The zero-order chi connectivity index (χ0) is 12.5. The minimum Gasteiger partial charge on any atom is -0.197 e. The van der Waals surface area contributed by atoms with E-state index in [1.807, 2.05) is 19.1 Å². The lowest BCUT2D eigenvalue weighted by Gasteiger charge is -1.98. The summed E-state index contributed by atoms with van der Waals surface area (Å²) >= 11 is 1.49. The van der Waals surface area contributed by atoms with Crippen LogP contribution in [0.15, 0.2) is 18.2 Å². The zero-order valence-electron chi connectivity index (χ0n) is 10.3. The monoisotopic (exact) mass is 259 g/mol. The molecule has 0 amide bonds. The maximum atomic E-state index is 4.59. The van der Waals surface area contributed by atoms with E-state index >= 15 is 0 Å². The van der Waals surface area contributed by atoms with E-state index < -0.39 is 0 Å². The third-order valence-corrected chi connectivity index (χ3v) is 3.67. The molecule has 0 aromatic carbocycles. The molecule has 0 aliphatic carbocycles. The van der Waals surface area contributed by atoms with Gasteiger partial charge in [0.05, 0.1) is 10.6 Å². The minimum atomic E-state index is 0.788. The average Bonchev–Trinajstić information content (AvgIpc) is 3.04. The first-order chi connectivity index (χ1) is 8.81. The minimum absolute atomic E-state index is 0.788. The number of aryl methyl sites for hydroxylation is 2. The van der Waals surface area contributed by atoms with Crippen LogP contribution in [0, 0.1) is 0 Å². The van der Waals surface area contributed by atoms with E-state index in [2.05, 4.69) is 32.7 Å². The fraction of sp³-hybridized carbons (Fsp3) is 0.333. The third-order valence-electron chi connectivity index (χ3n) is 2.82. The van der Waals surface area contributed by atoms with E-state index in [1.165, 1.54) is 11.5 Å². The molecule has 0 radical (unpaired) electrons. The van der Waals surface area contributed by atoms with Crippen LogP contribution in [0.5, 0.6) is 0 Å². The van der Waals surface area contributed by atoms with Crippen LogP contribution in [0.1, 0.15) is 25.4 Å². The normalized spacial score (nSPS) is 11.2. The van der Waals surface area contributed by atoms with Crippen molar-refractivity contribution in [2.24, 2.45) is 0 Å². The highest BCUT2D eigenvalue weighted by molar-refractivity contribution is 7.09. The lowest BCUT2D eigenvalue weighted by Crippen LogP contribution is -1.98. The quantitative estimate of drug-likeness (QED) is 0.724. The zero-order valence-corrected chi connectivity index (χ0v) is 11.1. The van der Waals surface area contributed by atoms with Gasteiger partial charge in [0, 0.05) is 6.42 Å². The molecule has 0 unspecified atom stereocenters. The van der Waals surface area contributed by atoms with Crippen molar-refractivity contribution < 1.29 is 0 Å². The van der Waals surface area contributed by atoms with Crippen LogP contribution in [0.25, 0.3) is 16.2 Å². The van der Waals surface area contributed by atoms with Crippen molar-refractivity contribution in [3.05, 3.63) is 29.7 Å². The molecule has 3 heterocycles. The van der Waals surface area contributed by atoms with Gasteiger partial charge in [-0.1, -0.05) is 13.8 Å². The standard InChI is InChI=1S/C12H13N5S/c1-3-8-7-10(18-16-8)9-5-6-12-14-13-11(4-2)17(12)15-9/h5-7H,3-4H2,1-2H3. The van der Waals surface area contributed by atoms with Crippen molar-refractivity contribution >= 4 is 17.2 Å². The van der Waals surface area contributed by atoms with Crippen molar-refractivity contribution in [3.63, 3.8) is 0 Å². The lowest BCUT2D eigenvalue weighted by atomic mass is 10.2. The molecule has 3 aromatic heterocycles. The second-order valence-corrected chi connectivity index (χ2v) is 4.80. The fourth-order valence-corrected chi connectivity index (χ4v) is 2.57. The molecule has 0 bridgehead atoms. The van der Waals surface area contributed by atoms with Crippen LogP contribution in [-0.4, -0.2) is 24.2 Å². The number of hydrogen-bond donors (Lipinski definition) is 0. The lowest BCUT2D eigenvalue weighted by molar-refractivity contribution is 0.827. The van der Waals surface area contributed by atoms with E-state index in [0.29, 0.717) is 0 Å². The van der Waals surface area contributed by atoms with Gasteiger partial charge >= 0.3 is 0 Å². The first-order valence-corrected chi connectivity index (χ1v) is 6.76. The first-order valence-electron chi connectivity index (χ1n) is 5.99. The number of rotatable bonds is 3. The Morgan fingerprint density at radius 2 is 2.06 bits per heavy atom. The second kappa shape index (κ2) is 4.45. The van der Waals surface area contributed by atoms with Crippen molar-refractivity contribution in [2.75, 3.05) is 0 Å². The van der Waals surface area contributed by atoms with E-state index in [-0.39, 0.29) is 0 Å². The Kier molecular flexibility index (Phi) is 2.79. The molecule has 0 N–H and O–H groups in total. The molecule has 0 aliphatic heterocycles. The summed E-state index contributed by atoms with van der Waals surface area (Å²) in [5.74, 6) is 0.882. The smallest absolute Gasteiger partial charge is 0.177 e. The fourth-order valence-electron chi connectivity index (χ4n) is 1.78. The largest absolute Gasteiger partial charge is 0.197 e. The van der Waals surface area contributed by atoms with Crippen LogP contribution >= 0.6 is 11.5 Å². The van der Waals surface area contributed by atoms with E-state index in [9.17, 15) is 0 Å². The van der Waals surface area contributed by atoms with Gasteiger partial charge < -0.3 is 0 Å². The van der Waals surface area contributed by atoms with Gasteiger partial charge in [-0.25, -0.2) is 0 Å². The van der Waals surface area contributed by atoms with Crippen molar-refractivity contribution in [1.82, 2.24) is 24.2 Å². The van der Waals surface area contributed by atoms with Gasteiger partial charge in [-0.3, -0.25) is 0 Å². The number of hydrogen-bond acceptors (Lipinski definition) is 5. The molecule has 3 rings (SSSR count). The van der Waals surface area contributed by atoms with Crippen LogP contribution in [0.2, 0.25) is 0 Å². The Labute approximate surface area is 109 Å². The average molecular weight is 259 g/mol. The van der Waals surface area contributed by atoms with Gasteiger partial charge in [0.25, 0.3) is 0 Å². The predicted molar refractivity (Wildman–Crippen MR) is 70.6 cm³/mol. The SMILES string of the molecule is CCc1cc(-c2ccc3nnc(CC)n3n2)sn1. The van der Waals surface area contributed by atoms with Gasteiger partial charge in [-0.2, -0.15) is 14.0 Å². The highest BCUT2D eigenvalue weighted by Crippen LogP contribution is 2.23.